The van der Waals surface area contributed by atoms with E-state index in [-0.39, 0.29) is 5.91 Å². The van der Waals surface area contributed by atoms with E-state index in [1.807, 2.05) is 0 Å². The third-order valence-corrected chi connectivity index (χ3v) is 3.19. The summed E-state index contributed by atoms with van der Waals surface area (Å²) in [5.41, 5.74) is 6.09. The molecule has 1 rings (SSSR count). The molecule has 0 heterocycles. The first-order valence-electron chi connectivity index (χ1n) is 4.55. The van der Waals surface area contributed by atoms with Gasteiger partial charge in [-0.15, -0.1) is 0 Å². The number of amides is 1. The third kappa shape index (κ3) is 3.20. The van der Waals surface area contributed by atoms with Gasteiger partial charge in [-0.1, -0.05) is 0 Å². The topological polar surface area (TPSA) is 64.3 Å². The van der Waals surface area contributed by atoms with Crippen molar-refractivity contribution in [3.63, 3.8) is 0 Å². The number of methoxy groups -OCH3 is 1. The molecule has 1 atom stereocenters. The van der Waals surface area contributed by atoms with Crippen LogP contribution < -0.4 is 15.8 Å². The van der Waals surface area contributed by atoms with Crippen LogP contribution in [0.2, 0.25) is 0 Å². The van der Waals surface area contributed by atoms with Gasteiger partial charge < -0.3 is 15.8 Å². The quantitative estimate of drug-likeness (QED) is 0.879. The second-order valence-electron chi connectivity index (χ2n) is 3.24. The van der Waals surface area contributed by atoms with Crippen molar-refractivity contribution in [1.82, 2.24) is 0 Å². The molecular formula is C10H12Br2N2O2. The first-order valence-corrected chi connectivity index (χ1v) is 6.13. The monoisotopic (exact) mass is 350 g/mol. The van der Waals surface area contributed by atoms with Crippen molar-refractivity contribution in [2.45, 2.75) is 13.0 Å². The summed E-state index contributed by atoms with van der Waals surface area (Å²) in [6.07, 6.45) is 0. The van der Waals surface area contributed by atoms with Gasteiger partial charge in [0.05, 0.1) is 23.3 Å². The number of anilines is 1. The molecule has 0 bridgehead atoms. The zero-order valence-electron chi connectivity index (χ0n) is 8.88. The fourth-order valence-corrected chi connectivity index (χ4v) is 2.28. The zero-order valence-corrected chi connectivity index (χ0v) is 12.1. The molecule has 4 nitrogen and oxygen atoms in total. The summed E-state index contributed by atoms with van der Waals surface area (Å²) >= 11 is 6.69. The fourth-order valence-electron chi connectivity index (χ4n) is 1.03. The molecule has 3 N–H and O–H groups in total. The van der Waals surface area contributed by atoms with E-state index < -0.39 is 6.04 Å². The Kier molecular flexibility index (Phi) is 4.76. The molecule has 0 spiro atoms. The van der Waals surface area contributed by atoms with Crippen LogP contribution in [0.5, 0.6) is 5.75 Å². The van der Waals surface area contributed by atoms with Gasteiger partial charge in [0.1, 0.15) is 5.75 Å². The van der Waals surface area contributed by atoms with Crippen LogP contribution >= 0.6 is 31.9 Å². The van der Waals surface area contributed by atoms with Gasteiger partial charge in [-0.25, -0.2) is 0 Å². The first kappa shape index (κ1) is 13.5. The lowest BCUT2D eigenvalue weighted by Gasteiger charge is -2.12. The van der Waals surface area contributed by atoms with Crippen molar-refractivity contribution in [3.8, 4) is 5.75 Å². The minimum absolute atomic E-state index is 0.245. The summed E-state index contributed by atoms with van der Waals surface area (Å²) in [5, 5.41) is 2.70. The predicted molar refractivity (Wildman–Crippen MR) is 70.7 cm³/mol. The third-order valence-electron chi connectivity index (χ3n) is 1.91. The molecule has 1 amide bonds. The van der Waals surface area contributed by atoms with Crippen LogP contribution in [0.4, 0.5) is 5.69 Å². The van der Waals surface area contributed by atoms with Crippen LogP contribution in [0.1, 0.15) is 6.92 Å². The number of halogens is 2. The summed E-state index contributed by atoms with van der Waals surface area (Å²) in [6, 6.07) is 2.96. The second-order valence-corrected chi connectivity index (χ2v) is 4.95. The van der Waals surface area contributed by atoms with E-state index in [4.69, 9.17) is 10.5 Å². The van der Waals surface area contributed by atoms with E-state index >= 15 is 0 Å². The standard InChI is InChI=1S/C10H12Br2N2O2/c1-5(13)10(15)14-8-4-9(16-2)7(12)3-6(8)11/h3-5H,13H2,1-2H3,(H,14,15). The lowest BCUT2D eigenvalue weighted by atomic mass is 10.2. The van der Waals surface area contributed by atoms with Gasteiger partial charge in [-0.05, 0) is 44.8 Å². The largest absolute Gasteiger partial charge is 0.495 e. The molecule has 0 aliphatic heterocycles. The number of hydrogen-bond donors (Lipinski definition) is 2. The van der Waals surface area contributed by atoms with Crippen LogP contribution in [0.15, 0.2) is 21.1 Å². The van der Waals surface area contributed by atoms with Gasteiger partial charge in [-0.2, -0.15) is 0 Å². The second kappa shape index (κ2) is 5.65. The number of nitrogens with two attached hydrogens (primary N) is 1. The lowest BCUT2D eigenvalue weighted by Crippen LogP contribution is -2.32. The van der Waals surface area contributed by atoms with Crippen LogP contribution in [0, 0.1) is 0 Å². The lowest BCUT2D eigenvalue weighted by molar-refractivity contribution is -0.117. The Morgan fingerprint density at radius 3 is 2.56 bits per heavy atom. The maximum atomic E-state index is 11.4. The molecular weight excluding hydrogens is 340 g/mol. The average molecular weight is 352 g/mol. The molecule has 88 valence electrons. The normalized spacial score (nSPS) is 12.1. The average Bonchev–Trinajstić information content (AvgIpc) is 2.21. The molecule has 1 aromatic carbocycles. The Morgan fingerprint density at radius 2 is 2.06 bits per heavy atom. The molecule has 0 saturated carbocycles. The Balaban J connectivity index is 3.00. The number of ether oxygens (including phenoxy) is 1. The minimum Gasteiger partial charge on any atom is -0.495 e. The van der Waals surface area contributed by atoms with E-state index in [1.54, 1.807) is 26.2 Å². The molecule has 1 aromatic rings. The molecule has 0 aliphatic rings. The first-order chi connectivity index (χ1) is 7.45. The van der Waals surface area contributed by atoms with Crippen molar-refractivity contribution in [2.75, 3.05) is 12.4 Å². The highest BCUT2D eigenvalue weighted by atomic mass is 79.9. The van der Waals surface area contributed by atoms with Gasteiger partial charge in [0.2, 0.25) is 5.91 Å². The summed E-state index contributed by atoms with van der Waals surface area (Å²) in [6.45, 7) is 1.62. The van der Waals surface area contributed by atoms with E-state index in [2.05, 4.69) is 37.2 Å². The highest BCUT2D eigenvalue weighted by Crippen LogP contribution is 2.34. The molecule has 16 heavy (non-hydrogen) atoms. The van der Waals surface area contributed by atoms with Crippen LogP contribution in [0.25, 0.3) is 0 Å². The van der Waals surface area contributed by atoms with Gasteiger partial charge >= 0.3 is 0 Å². The minimum atomic E-state index is -0.554. The van der Waals surface area contributed by atoms with E-state index in [1.165, 1.54) is 0 Å². The molecule has 0 radical (unpaired) electrons. The summed E-state index contributed by atoms with van der Waals surface area (Å²) in [5.74, 6) is 0.397. The van der Waals surface area contributed by atoms with E-state index in [9.17, 15) is 4.79 Å². The van der Waals surface area contributed by atoms with Crippen molar-refractivity contribution in [1.29, 1.82) is 0 Å². The summed E-state index contributed by atoms with van der Waals surface area (Å²) in [4.78, 5) is 11.4. The predicted octanol–water partition coefficient (Wildman–Crippen LogP) is 2.51. The number of carbonyl (C=O) groups is 1. The highest BCUT2D eigenvalue weighted by Gasteiger charge is 2.12. The van der Waals surface area contributed by atoms with Gasteiger partial charge in [-0.3, -0.25) is 4.79 Å². The fraction of sp³-hybridized carbons (Fsp3) is 0.300. The highest BCUT2D eigenvalue weighted by molar-refractivity contribution is 9.11. The Morgan fingerprint density at radius 1 is 1.44 bits per heavy atom. The molecule has 1 unspecified atom stereocenters. The van der Waals surface area contributed by atoms with Crippen LogP contribution in [0.3, 0.4) is 0 Å². The van der Waals surface area contributed by atoms with Crippen LogP contribution in [-0.2, 0) is 4.79 Å². The van der Waals surface area contributed by atoms with Crippen molar-refractivity contribution in [2.24, 2.45) is 5.73 Å². The van der Waals surface area contributed by atoms with Gasteiger partial charge in [0.25, 0.3) is 0 Å². The zero-order chi connectivity index (χ0) is 12.3. The van der Waals surface area contributed by atoms with Crippen LogP contribution in [-0.4, -0.2) is 19.1 Å². The molecule has 6 heteroatoms. The molecule has 0 saturated heterocycles. The Labute approximate surface area is 111 Å². The maximum Gasteiger partial charge on any atom is 0.241 e. The van der Waals surface area contributed by atoms with Gasteiger partial charge in [0, 0.05) is 10.5 Å². The van der Waals surface area contributed by atoms with Crippen molar-refractivity contribution >= 4 is 43.5 Å². The van der Waals surface area contributed by atoms with Gasteiger partial charge in [0.15, 0.2) is 0 Å². The molecule has 0 aliphatic carbocycles. The number of benzene rings is 1. The molecule has 0 aromatic heterocycles. The Bertz CT molecular complexity index is 408. The van der Waals surface area contributed by atoms with Crippen molar-refractivity contribution < 1.29 is 9.53 Å². The smallest absolute Gasteiger partial charge is 0.241 e. The molecule has 0 fully saturated rings. The number of hydrogen-bond acceptors (Lipinski definition) is 3. The number of carbonyl (C=O) groups excluding carboxylic acids is 1. The van der Waals surface area contributed by atoms with Crippen molar-refractivity contribution in [3.05, 3.63) is 21.1 Å². The van der Waals surface area contributed by atoms with E-state index in [0.717, 1.165) is 8.95 Å². The number of rotatable bonds is 3. The summed E-state index contributed by atoms with van der Waals surface area (Å²) in [7, 11) is 1.56. The summed E-state index contributed by atoms with van der Waals surface area (Å²) < 4.78 is 6.70. The van der Waals surface area contributed by atoms with E-state index in [0.29, 0.717) is 11.4 Å². The SMILES string of the molecule is COc1cc(NC(=O)C(C)N)c(Br)cc1Br. The maximum absolute atomic E-state index is 11.4. The number of nitrogens with one attached hydrogen (secondary N) is 1. The Hall–Kier alpha value is -0.590.